The average molecular weight is 326 g/mol. The Morgan fingerprint density at radius 3 is 2.79 bits per heavy atom. The molecule has 0 unspecified atom stereocenters. The Labute approximate surface area is 138 Å². The summed E-state index contributed by atoms with van der Waals surface area (Å²) < 4.78 is 5.69. The van der Waals surface area contributed by atoms with E-state index < -0.39 is 5.91 Å². The molecule has 24 heavy (non-hydrogen) atoms. The molecule has 0 aliphatic heterocycles. The number of carbonyl (C=O) groups is 1. The quantitative estimate of drug-likeness (QED) is 0.492. The molecule has 7 nitrogen and oxygen atoms in total. The summed E-state index contributed by atoms with van der Waals surface area (Å²) in [6.07, 6.45) is 1.69. The lowest BCUT2D eigenvalue weighted by atomic mass is 10.2. The molecule has 7 heteroatoms. The van der Waals surface area contributed by atoms with Gasteiger partial charge in [-0.2, -0.15) is 0 Å². The fourth-order valence-electron chi connectivity index (χ4n) is 2.19. The van der Waals surface area contributed by atoms with Crippen molar-refractivity contribution in [3.05, 3.63) is 42.1 Å². The largest absolute Gasteiger partial charge is 0.436 e. The number of benzene rings is 1. The molecule has 1 amide bonds. The number of aromatic nitrogens is 2. The zero-order chi connectivity index (χ0) is 17.1. The fourth-order valence-corrected chi connectivity index (χ4v) is 2.19. The third kappa shape index (κ3) is 3.36. The standard InChI is InChI=1S/C17H18N4O3/c1-10(2)8-18-15-6-4-12(9-19-15)17-20-13-7-11(16(22)21-23)3-5-14(13)24-17/h3-7,9-10,23H,8H2,1-2H3,(H,18,19)(H,21,22). The van der Waals surface area contributed by atoms with Crippen molar-refractivity contribution < 1.29 is 14.4 Å². The first-order chi connectivity index (χ1) is 11.6. The Kier molecular flexibility index (Phi) is 4.43. The number of fused-ring (bicyclic) bond motifs is 1. The summed E-state index contributed by atoms with van der Waals surface area (Å²) in [6, 6.07) is 8.50. The van der Waals surface area contributed by atoms with Crippen molar-refractivity contribution in [1.29, 1.82) is 0 Å². The Morgan fingerprint density at radius 1 is 1.29 bits per heavy atom. The number of anilines is 1. The molecule has 0 atom stereocenters. The summed E-state index contributed by atoms with van der Waals surface area (Å²) >= 11 is 0. The molecular formula is C17H18N4O3. The van der Waals surface area contributed by atoms with Gasteiger partial charge in [-0.25, -0.2) is 15.4 Å². The highest BCUT2D eigenvalue weighted by Crippen LogP contribution is 2.25. The number of nitrogens with zero attached hydrogens (tertiary/aromatic N) is 2. The zero-order valence-corrected chi connectivity index (χ0v) is 13.4. The van der Waals surface area contributed by atoms with Crippen LogP contribution in [0.15, 0.2) is 40.9 Å². The molecule has 3 N–H and O–H groups in total. The van der Waals surface area contributed by atoms with Crippen LogP contribution in [0.1, 0.15) is 24.2 Å². The van der Waals surface area contributed by atoms with E-state index in [-0.39, 0.29) is 0 Å². The summed E-state index contributed by atoms with van der Waals surface area (Å²) in [7, 11) is 0. The number of oxazole rings is 1. The van der Waals surface area contributed by atoms with Crippen LogP contribution in [0.25, 0.3) is 22.6 Å². The van der Waals surface area contributed by atoms with E-state index in [1.165, 1.54) is 0 Å². The molecule has 0 saturated carbocycles. The molecule has 3 rings (SSSR count). The number of rotatable bonds is 5. The van der Waals surface area contributed by atoms with Crippen molar-refractivity contribution in [3.63, 3.8) is 0 Å². The third-order valence-electron chi connectivity index (χ3n) is 3.45. The van der Waals surface area contributed by atoms with Gasteiger partial charge in [0.15, 0.2) is 5.58 Å². The molecule has 0 saturated heterocycles. The average Bonchev–Trinajstić information content (AvgIpc) is 3.02. The lowest BCUT2D eigenvalue weighted by Crippen LogP contribution is -2.18. The van der Waals surface area contributed by atoms with Crippen LogP contribution in [0.2, 0.25) is 0 Å². The number of nitrogens with one attached hydrogen (secondary N) is 2. The molecule has 0 radical (unpaired) electrons. The van der Waals surface area contributed by atoms with Gasteiger partial charge in [-0.3, -0.25) is 10.0 Å². The summed E-state index contributed by atoms with van der Waals surface area (Å²) in [4.78, 5) is 20.2. The van der Waals surface area contributed by atoms with Crippen molar-refractivity contribution in [2.45, 2.75) is 13.8 Å². The minimum atomic E-state index is -0.594. The van der Waals surface area contributed by atoms with Crippen LogP contribution >= 0.6 is 0 Å². The van der Waals surface area contributed by atoms with E-state index in [2.05, 4.69) is 29.1 Å². The van der Waals surface area contributed by atoms with E-state index in [4.69, 9.17) is 9.62 Å². The molecule has 0 bridgehead atoms. The van der Waals surface area contributed by atoms with Crippen LogP contribution in [0, 0.1) is 5.92 Å². The second kappa shape index (κ2) is 6.67. The number of hydrogen-bond acceptors (Lipinski definition) is 6. The number of hydroxylamine groups is 1. The van der Waals surface area contributed by atoms with Crippen molar-refractivity contribution in [2.75, 3.05) is 11.9 Å². The molecule has 0 fully saturated rings. The molecule has 1 aromatic carbocycles. The number of hydrogen-bond donors (Lipinski definition) is 3. The monoisotopic (exact) mass is 326 g/mol. The maximum atomic E-state index is 11.4. The van der Waals surface area contributed by atoms with E-state index in [1.807, 2.05) is 12.1 Å². The maximum absolute atomic E-state index is 11.4. The van der Waals surface area contributed by atoms with E-state index in [0.717, 1.165) is 17.9 Å². The van der Waals surface area contributed by atoms with Crippen LogP contribution in [0.3, 0.4) is 0 Å². The van der Waals surface area contributed by atoms with Gasteiger partial charge in [0.1, 0.15) is 11.3 Å². The highest BCUT2D eigenvalue weighted by Gasteiger charge is 2.12. The molecule has 3 aromatic rings. The molecular weight excluding hydrogens is 308 g/mol. The molecule has 2 heterocycles. The van der Waals surface area contributed by atoms with Gasteiger partial charge in [0.05, 0.1) is 5.56 Å². The van der Waals surface area contributed by atoms with Gasteiger partial charge in [0.2, 0.25) is 5.89 Å². The van der Waals surface area contributed by atoms with Gasteiger partial charge in [0.25, 0.3) is 5.91 Å². The lowest BCUT2D eigenvalue weighted by Gasteiger charge is -2.07. The zero-order valence-electron chi connectivity index (χ0n) is 13.4. The molecule has 0 aliphatic rings. The summed E-state index contributed by atoms with van der Waals surface area (Å²) in [5, 5.41) is 11.9. The predicted molar refractivity (Wildman–Crippen MR) is 89.8 cm³/mol. The van der Waals surface area contributed by atoms with Crippen molar-refractivity contribution >= 4 is 22.8 Å². The fraction of sp³-hybridized carbons (Fsp3) is 0.235. The first kappa shape index (κ1) is 15.9. The van der Waals surface area contributed by atoms with Crippen molar-refractivity contribution in [3.8, 4) is 11.5 Å². The number of pyridine rings is 1. The molecule has 0 aliphatic carbocycles. The second-order valence-electron chi connectivity index (χ2n) is 5.85. The third-order valence-corrected chi connectivity index (χ3v) is 3.45. The minimum Gasteiger partial charge on any atom is -0.436 e. The highest BCUT2D eigenvalue weighted by molar-refractivity contribution is 5.96. The van der Waals surface area contributed by atoms with Crippen molar-refractivity contribution in [2.24, 2.45) is 5.92 Å². The predicted octanol–water partition coefficient (Wildman–Crippen LogP) is 3.08. The van der Waals surface area contributed by atoms with Crippen molar-refractivity contribution in [1.82, 2.24) is 15.4 Å². The number of amides is 1. The Bertz CT molecular complexity index is 856. The summed E-state index contributed by atoms with van der Waals surface area (Å²) in [6.45, 7) is 5.11. The number of carbonyl (C=O) groups excluding carboxylic acids is 1. The van der Waals surface area contributed by atoms with Gasteiger partial charge in [-0.1, -0.05) is 13.8 Å². The van der Waals surface area contributed by atoms with E-state index in [9.17, 15) is 4.79 Å². The van der Waals surface area contributed by atoms with Crippen LogP contribution in [-0.4, -0.2) is 27.6 Å². The topological polar surface area (TPSA) is 100 Å². The lowest BCUT2D eigenvalue weighted by molar-refractivity contribution is 0.0706. The molecule has 0 spiro atoms. The van der Waals surface area contributed by atoms with Gasteiger partial charge >= 0.3 is 0 Å². The highest BCUT2D eigenvalue weighted by atomic mass is 16.5. The first-order valence-corrected chi connectivity index (χ1v) is 7.62. The first-order valence-electron chi connectivity index (χ1n) is 7.62. The van der Waals surface area contributed by atoms with Crippen LogP contribution in [0.4, 0.5) is 5.82 Å². The Morgan fingerprint density at radius 2 is 2.12 bits per heavy atom. The maximum Gasteiger partial charge on any atom is 0.274 e. The molecule has 124 valence electrons. The molecule has 2 aromatic heterocycles. The SMILES string of the molecule is CC(C)CNc1ccc(-c2nc3cc(C(=O)NO)ccc3o2)cn1. The second-order valence-corrected chi connectivity index (χ2v) is 5.85. The van der Waals surface area contributed by atoms with Crippen LogP contribution < -0.4 is 10.8 Å². The van der Waals surface area contributed by atoms with Gasteiger partial charge in [-0.15, -0.1) is 0 Å². The van der Waals surface area contributed by atoms with E-state index in [1.54, 1.807) is 29.9 Å². The Balaban J connectivity index is 1.85. The Hall–Kier alpha value is -2.93. The van der Waals surface area contributed by atoms with Gasteiger partial charge < -0.3 is 9.73 Å². The minimum absolute atomic E-state index is 0.302. The van der Waals surface area contributed by atoms with Crippen LogP contribution in [0.5, 0.6) is 0 Å². The summed E-state index contributed by atoms with van der Waals surface area (Å²) in [5.74, 6) is 1.16. The van der Waals surface area contributed by atoms with E-state index in [0.29, 0.717) is 28.5 Å². The van der Waals surface area contributed by atoms with E-state index >= 15 is 0 Å². The van der Waals surface area contributed by atoms with Crippen LogP contribution in [-0.2, 0) is 0 Å². The normalized spacial score (nSPS) is 11.0. The van der Waals surface area contributed by atoms with Gasteiger partial charge in [0, 0.05) is 18.3 Å². The summed E-state index contributed by atoms with van der Waals surface area (Å²) in [5.41, 5.74) is 3.74. The smallest absolute Gasteiger partial charge is 0.274 e. The van der Waals surface area contributed by atoms with Gasteiger partial charge in [-0.05, 0) is 36.2 Å².